The third-order valence-corrected chi connectivity index (χ3v) is 3.51. The molecule has 2 atom stereocenters. The van der Waals surface area contributed by atoms with Crippen LogP contribution >= 0.6 is 0 Å². The SMILES string of the molecule is CCCCCC[C@@H](O)C/C=C/[C@H](O)CCCCCC. The first-order chi connectivity index (χ1) is 9.20. The van der Waals surface area contributed by atoms with E-state index in [-0.39, 0.29) is 12.2 Å². The van der Waals surface area contributed by atoms with Crippen LogP contribution in [0.25, 0.3) is 0 Å². The minimum atomic E-state index is -0.329. The summed E-state index contributed by atoms with van der Waals surface area (Å²) in [5.74, 6) is 0. The molecule has 0 radical (unpaired) electrons. The quantitative estimate of drug-likeness (QED) is 0.379. The van der Waals surface area contributed by atoms with Gasteiger partial charge in [0.1, 0.15) is 0 Å². The van der Waals surface area contributed by atoms with Crippen molar-refractivity contribution >= 4 is 0 Å². The molecule has 0 fully saturated rings. The molecule has 0 aromatic carbocycles. The van der Waals surface area contributed by atoms with Crippen LogP contribution in [0.5, 0.6) is 0 Å². The third-order valence-electron chi connectivity index (χ3n) is 3.51. The molecule has 2 heteroatoms. The van der Waals surface area contributed by atoms with Crippen molar-refractivity contribution in [3.05, 3.63) is 12.2 Å². The fourth-order valence-corrected chi connectivity index (χ4v) is 2.19. The molecule has 0 aliphatic rings. The highest BCUT2D eigenvalue weighted by Crippen LogP contribution is 2.10. The van der Waals surface area contributed by atoms with Crippen LogP contribution in [0.2, 0.25) is 0 Å². The fraction of sp³-hybridized carbons (Fsp3) is 0.882. The molecule has 19 heavy (non-hydrogen) atoms. The van der Waals surface area contributed by atoms with Gasteiger partial charge < -0.3 is 10.2 Å². The van der Waals surface area contributed by atoms with Gasteiger partial charge in [-0.25, -0.2) is 0 Å². The Hall–Kier alpha value is -0.340. The summed E-state index contributed by atoms with van der Waals surface area (Å²) in [6, 6.07) is 0. The first-order valence-electron chi connectivity index (χ1n) is 8.23. The Morgan fingerprint density at radius 1 is 0.789 bits per heavy atom. The monoisotopic (exact) mass is 270 g/mol. The average molecular weight is 270 g/mol. The average Bonchev–Trinajstić information content (AvgIpc) is 2.40. The number of hydrogen-bond acceptors (Lipinski definition) is 2. The molecule has 0 rings (SSSR count). The lowest BCUT2D eigenvalue weighted by Gasteiger charge is -2.08. The minimum absolute atomic E-state index is 0.236. The van der Waals surface area contributed by atoms with Gasteiger partial charge in [0.15, 0.2) is 0 Å². The Morgan fingerprint density at radius 2 is 1.37 bits per heavy atom. The number of unbranched alkanes of at least 4 members (excludes halogenated alkanes) is 6. The predicted octanol–water partition coefficient (Wildman–Crippen LogP) is 4.60. The van der Waals surface area contributed by atoms with E-state index in [2.05, 4.69) is 13.8 Å². The highest BCUT2D eigenvalue weighted by molar-refractivity contribution is 4.90. The molecular weight excluding hydrogens is 236 g/mol. The molecule has 0 aliphatic heterocycles. The van der Waals surface area contributed by atoms with E-state index in [1.807, 2.05) is 12.2 Å². The predicted molar refractivity (Wildman–Crippen MR) is 83.3 cm³/mol. The van der Waals surface area contributed by atoms with Crippen molar-refractivity contribution in [3.8, 4) is 0 Å². The van der Waals surface area contributed by atoms with Crippen molar-refractivity contribution < 1.29 is 10.2 Å². The molecule has 0 spiro atoms. The van der Waals surface area contributed by atoms with Gasteiger partial charge in [-0.3, -0.25) is 0 Å². The molecule has 0 heterocycles. The van der Waals surface area contributed by atoms with Crippen molar-refractivity contribution in [3.63, 3.8) is 0 Å². The zero-order valence-corrected chi connectivity index (χ0v) is 13.0. The molecule has 0 saturated carbocycles. The maximum atomic E-state index is 9.77. The second kappa shape index (κ2) is 14.1. The number of rotatable bonds is 13. The molecule has 0 aromatic heterocycles. The Balaban J connectivity index is 3.47. The van der Waals surface area contributed by atoms with Crippen LogP contribution in [-0.2, 0) is 0 Å². The van der Waals surface area contributed by atoms with Gasteiger partial charge in [0.2, 0.25) is 0 Å². The van der Waals surface area contributed by atoms with E-state index in [0.717, 1.165) is 25.7 Å². The molecule has 0 aliphatic carbocycles. The summed E-state index contributed by atoms with van der Waals surface area (Å²) in [6.45, 7) is 4.39. The summed E-state index contributed by atoms with van der Waals surface area (Å²) in [5.41, 5.74) is 0. The fourth-order valence-electron chi connectivity index (χ4n) is 2.19. The lowest BCUT2D eigenvalue weighted by Crippen LogP contribution is -2.06. The van der Waals surface area contributed by atoms with Crippen LogP contribution in [0.4, 0.5) is 0 Å². The van der Waals surface area contributed by atoms with Crippen molar-refractivity contribution in [1.29, 1.82) is 0 Å². The molecule has 2 nitrogen and oxygen atoms in total. The van der Waals surface area contributed by atoms with E-state index in [4.69, 9.17) is 0 Å². The summed E-state index contributed by atoms with van der Waals surface area (Å²) < 4.78 is 0. The third kappa shape index (κ3) is 13.9. The molecule has 0 amide bonds. The van der Waals surface area contributed by atoms with E-state index in [0.29, 0.717) is 6.42 Å². The first kappa shape index (κ1) is 18.7. The van der Waals surface area contributed by atoms with Crippen LogP contribution in [0, 0.1) is 0 Å². The van der Waals surface area contributed by atoms with Crippen molar-refractivity contribution in [2.24, 2.45) is 0 Å². The minimum Gasteiger partial charge on any atom is -0.393 e. The summed E-state index contributed by atoms with van der Waals surface area (Å²) in [7, 11) is 0. The Labute approximate surface area is 119 Å². The Bertz CT molecular complexity index is 201. The van der Waals surface area contributed by atoms with Gasteiger partial charge in [-0.2, -0.15) is 0 Å². The summed E-state index contributed by atoms with van der Waals surface area (Å²) in [4.78, 5) is 0. The molecule has 2 N–H and O–H groups in total. The van der Waals surface area contributed by atoms with Gasteiger partial charge in [-0.1, -0.05) is 77.4 Å². The highest BCUT2D eigenvalue weighted by atomic mass is 16.3. The first-order valence-corrected chi connectivity index (χ1v) is 8.23. The standard InChI is InChI=1S/C17H34O2/c1-3-5-7-9-12-16(18)14-11-15-17(19)13-10-8-6-4-2/h11,14,16-19H,3-10,12-13,15H2,1-2H3/b14-11+/t16-,17-/m1/s1. The van der Waals surface area contributed by atoms with Gasteiger partial charge in [0.25, 0.3) is 0 Å². The van der Waals surface area contributed by atoms with Crippen molar-refractivity contribution in [1.82, 2.24) is 0 Å². The largest absolute Gasteiger partial charge is 0.393 e. The van der Waals surface area contributed by atoms with E-state index in [1.54, 1.807) is 0 Å². The maximum Gasteiger partial charge on any atom is 0.0720 e. The Kier molecular flexibility index (Phi) is 13.8. The lowest BCUT2D eigenvalue weighted by molar-refractivity contribution is 0.162. The molecular formula is C17H34O2. The van der Waals surface area contributed by atoms with Gasteiger partial charge >= 0.3 is 0 Å². The molecule has 0 bridgehead atoms. The van der Waals surface area contributed by atoms with Crippen LogP contribution < -0.4 is 0 Å². The molecule has 0 aromatic rings. The maximum absolute atomic E-state index is 9.77. The van der Waals surface area contributed by atoms with E-state index >= 15 is 0 Å². The molecule has 0 saturated heterocycles. The van der Waals surface area contributed by atoms with Gasteiger partial charge in [0.05, 0.1) is 12.2 Å². The van der Waals surface area contributed by atoms with Crippen LogP contribution in [0.15, 0.2) is 12.2 Å². The number of hydrogen-bond donors (Lipinski definition) is 2. The summed E-state index contributed by atoms with van der Waals surface area (Å²) in [6.07, 6.45) is 15.3. The van der Waals surface area contributed by atoms with Gasteiger partial charge in [-0.05, 0) is 19.3 Å². The van der Waals surface area contributed by atoms with Gasteiger partial charge in [0, 0.05) is 0 Å². The lowest BCUT2D eigenvalue weighted by atomic mass is 10.1. The normalized spacial score (nSPS) is 14.9. The van der Waals surface area contributed by atoms with Crippen molar-refractivity contribution in [2.45, 2.75) is 96.7 Å². The van der Waals surface area contributed by atoms with Crippen molar-refractivity contribution in [2.75, 3.05) is 0 Å². The zero-order valence-electron chi connectivity index (χ0n) is 13.0. The van der Waals surface area contributed by atoms with E-state index in [9.17, 15) is 10.2 Å². The second-order valence-corrected chi connectivity index (χ2v) is 5.58. The Morgan fingerprint density at radius 3 is 1.95 bits per heavy atom. The van der Waals surface area contributed by atoms with E-state index < -0.39 is 0 Å². The second-order valence-electron chi connectivity index (χ2n) is 5.58. The summed E-state index contributed by atoms with van der Waals surface area (Å²) >= 11 is 0. The van der Waals surface area contributed by atoms with E-state index in [1.165, 1.54) is 38.5 Å². The molecule has 114 valence electrons. The summed E-state index contributed by atoms with van der Waals surface area (Å²) in [5, 5.41) is 19.5. The smallest absolute Gasteiger partial charge is 0.0720 e. The van der Waals surface area contributed by atoms with Crippen LogP contribution in [0.3, 0.4) is 0 Å². The number of aliphatic hydroxyl groups excluding tert-OH is 2. The van der Waals surface area contributed by atoms with Gasteiger partial charge in [-0.15, -0.1) is 0 Å². The van der Waals surface area contributed by atoms with Crippen LogP contribution in [0.1, 0.15) is 84.5 Å². The number of aliphatic hydroxyl groups is 2. The topological polar surface area (TPSA) is 40.5 Å². The molecule has 0 unspecified atom stereocenters. The highest BCUT2D eigenvalue weighted by Gasteiger charge is 2.02. The van der Waals surface area contributed by atoms with Crippen LogP contribution in [-0.4, -0.2) is 22.4 Å². The zero-order chi connectivity index (χ0) is 14.3.